The van der Waals surface area contributed by atoms with E-state index in [1.807, 2.05) is 24.3 Å². The Kier molecular flexibility index (Phi) is 4.53. The fourth-order valence-corrected chi connectivity index (χ4v) is 2.00. The van der Waals surface area contributed by atoms with Gasteiger partial charge in [-0.3, -0.25) is 10.1 Å². The highest BCUT2D eigenvalue weighted by molar-refractivity contribution is 6.30. The molecule has 0 saturated carbocycles. The van der Waals surface area contributed by atoms with Crippen LogP contribution in [0.25, 0.3) is 0 Å². The van der Waals surface area contributed by atoms with Gasteiger partial charge in [0.05, 0.1) is 11.0 Å². The second kappa shape index (κ2) is 6.34. The number of benzene rings is 1. The molecule has 5 nitrogen and oxygen atoms in total. The number of hydrogen-bond acceptors (Lipinski definition) is 4. The summed E-state index contributed by atoms with van der Waals surface area (Å²) in [5.41, 5.74) is 1.08. The lowest BCUT2D eigenvalue weighted by Gasteiger charge is -2.18. The van der Waals surface area contributed by atoms with Crippen LogP contribution in [0.1, 0.15) is 24.9 Å². The van der Waals surface area contributed by atoms with E-state index in [9.17, 15) is 10.1 Å². The summed E-state index contributed by atoms with van der Waals surface area (Å²) >= 11 is 5.87. The zero-order valence-corrected chi connectivity index (χ0v) is 11.7. The smallest absolute Gasteiger partial charge is 0.287 e. The van der Waals surface area contributed by atoms with Crippen molar-refractivity contribution in [3.63, 3.8) is 0 Å². The zero-order chi connectivity index (χ0) is 14.5. The number of nitro groups is 1. The summed E-state index contributed by atoms with van der Waals surface area (Å²) in [5, 5.41) is 14.5. The van der Waals surface area contributed by atoms with E-state index in [1.165, 1.54) is 12.3 Å². The van der Waals surface area contributed by atoms with Crippen LogP contribution in [0.2, 0.25) is 5.02 Å². The number of rotatable bonds is 5. The van der Waals surface area contributed by atoms with Gasteiger partial charge < -0.3 is 5.32 Å². The van der Waals surface area contributed by atoms with Crippen molar-refractivity contribution in [3.05, 3.63) is 63.3 Å². The monoisotopic (exact) mass is 291 g/mol. The molecule has 2 rings (SSSR count). The molecule has 0 aliphatic heterocycles. The van der Waals surface area contributed by atoms with Crippen molar-refractivity contribution >= 4 is 23.1 Å². The van der Waals surface area contributed by atoms with E-state index in [2.05, 4.69) is 17.2 Å². The lowest BCUT2D eigenvalue weighted by Crippen LogP contribution is -2.10. The SMILES string of the molecule is CC[C@@H](Nc1ccc([N+](=O)[O-])cn1)c1ccc(Cl)cc1. The molecule has 6 heteroatoms. The van der Waals surface area contributed by atoms with Gasteiger partial charge in [-0.1, -0.05) is 30.7 Å². The van der Waals surface area contributed by atoms with Gasteiger partial charge in [0, 0.05) is 11.1 Å². The van der Waals surface area contributed by atoms with Gasteiger partial charge in [0.2, 0.25) is 0 Å². The van der Waals surface area contributed by atoms with Gasteiger partial charge in [0.25, 0.3) is 5.69 Å². The molecule has 1 aromatic heterocycles. The van der Waals surface area contributed by atoms with Gasteiger partial charge in [-0.2, -0.15) is 0 Å². The average molecular weight is 292 g/mol. The van der Waals surface area contributed by atoms with Crippen LogP contribution in [0.3, 0.4) is 0 Å². The van der Waals surface area contributed by atoms with Crippen molar-refractivity contribution < 1.29 is 4.92 Å². The van der Waals surface area contributed by atoms with E-state index in [4.69, 9.17) is 11.6 Å². The van der Waals surface area contributed by atoms with E-state index >= 15 is 0 Å². The lowest BCUT2D eigenvalue weighted by molar-refractivity contribution is -0.385. The van der Waals surface area contributed by atoms with Crippen LogP contribution in [0.5, 0.6) is 0 Å². The Labute approximate surface area is 121 Å². The third kappa shape index (κ3) is 3.45. The quantitative estimate of drug-likeness (QED) is 0.662. The van der Waals surface area contributed by atoms with Gasteiger partial charge in [-0.15, -0.1) is 0 Å². The number of nitrogens with zero attached hydrogens (tertiary/aromatic N) is 2. The Morgan fingerprint density at radius 1 is 1.30 bits per heavy atom. The third-order valence-corrected chi connectivity index (χ3v) is 3.21. The van der Waals surface area contributed by atoms with Crippen molar-refractivity contribution in [2.24, 2.45) is 0 Å². The van der Waals surface area contributed by atoms with Crippen molar-refractivity contribution in [1.29, 1.82) is 0 Å². The molecule has 0 aliphatic rings. The van der Waals surface area contributed by atoms with Crippen molar-refractivity contribution in [2.45, 2.75) is 19.4 Å². The lowest BCUT2D eigenvalue weighted by atomic mass is 10.0. The van der Waals surface area contributed by atoms with E-state index in [-0.39, 0.29) is 11.7 Å². The first-order valence-electron chi connectivity index (χ1n) is 6.22. The highest BCUT2D eigenvalue weighted by Gasteiger charge is 2.11. The predicted molar refractivity (Wildman–Crippen MR) is 79.0 cm³/mol. The first-order chi connectivity index (χ1) is 9.60. The fourth-order valence-electron chi connectivity index (χ4n) is 1.87. The summed E-state index contributed by atoms with van der Waals surface area (Å²) in [5.74, 6) is 0.609. The van der Waals surface area contributed by atoms with Crippen LogP contribution < -0.4 is 5.32 Å². The summed E-state index contributed by atoms with van der Waals surface area (Å²) in [6.45, 7) is 2.05. The molecule has 20 heavy (non-hydrogen) atoms. The van der Waals surface area contributed by atoms with Gasteiger partial charge in [-0.05, 0) is 30.2 Å². The van der Waals surface area contributed by atoms with Crippen LogP contribution in [0.4, 0.5) is 11.5 Å². The zero-order valence-electron chi connectivity index (χ0n) is 10.9. The molecular weight excluding hydrogens is 278 g/mol. The maximum Gasteiger partial charge on any atom is 0.287 e. The Bertz CT molecular complexity index is 584. The summed E-state index contributed by atoms with van der Waals surface area (Å²) in [6, 6.07) is 10.7. The van der Waals surface area contributed by atoms with Crippen LogP contribution in [-0.4, -0.2) is 9.91 Å². The Morgan fingerprint density at radius 2 is 2.00 bits per heavy atom. The Hall–Kier alpha value is -2.14. The molecule has 1 heterocycles. The van der Waals surface area contributed by atoms with Gasteiger partial charge >= 0.3 is 0 Å². The van der Waals surface area contributed by atoms with Crippen molar-refractivity contribution in [1.82, 2.24) is 4.98 Å². The molecule has 0 spiro atoms. The number of anilines is 1. The molecule has 2 aromatic rings. The van der Waals surface area contributed by atoms with E-state index in [0.717, 1.165) is 12.0 Å². The number of halogens is 1. The summed E-state index contributed by atoms with van der Waals surface area (Å²) in [4.78, 5) is 14.2. The number of pyridine rings is 1. The standard InChI is InChI=1S/C14H14ClN3O2/c1-2-13(10-3-5-11(15)6-4-10)17-14-8-7-12(9-16-14)18(19)20/h3-9,13H,2H2,1H3,(H,16,17)/t13-/m1/s1. The molecule has 0 saturated heterocycles. The molecule has 0 aliphatic carbocycles. The average Bonchev–Trinajstić information content (AvgIpc) is 2.46. The van der Waals surface area contributed by atoms with Crippen LogP contribution >= 0.6 is 11.6 Å². The maximum absolute atomic E-state index is 10.6. The summed E-state index contributed by atoms with van der Waals surface area (Å²) in [7, 11) is 0. The first-order valence-corrected chi connectivity index (χ1v) is 6.60. The minimum Gasteiger partial charge on any atom is -0.363 e. The molecule has 0 unspecified atom stereocenters. The molecule has 1 aromatic carbocycles. The molecule has 0 radical (unpaired) electrons. The second-order valence-corrected chi connectivity index (χ2v) is 4.75. The topological polar surface area (TPSA) is 68.1 Å². The predicted octanol–water partition coefficient (Wildman–Crippen LogP) is 4.21. The van der Waals surface area contributed by atoms with Crippen molar-refractivity contribution in [3.8, 4) is 0 Å². The molecule has 0 bridgehead atoms. The van der Waals surface area contributed by atoms with E-state index in [1.54, 1.807) is 6.07 Å². The van der Waals surface area contributed by atoms with Gasteiger partial charge in [0.15, 0.2) is 0 Å². The molecule has 1 N–H and O–H groups in total. The molecule has 0 fully saturated rings. The molecular formula is C14H14ClN3O2. The Balaban J connectivity index is 2.13. The largest absolute Gasteiger partial charge is 0.363 e. The van der Waals surface area contributed by atoms with Crippen molar-refractivity contribution in [2.75, 3.05) is 5.32 Å². The maximum atomic E-state index is 10.6. The Morgan fingerprint density at radius 3 is 2.50 bits per heavy atom. The van der Waals surface area contributed by atoms with Crippen LogP contribution in [0, 0.1) is 10.1 Å². The minimum atomic E-state index is -0.465. The normalized spacial score (nSPS) is 11.9. The first kappa shape index (κ1) is 14.3. The van der Waals surface area contributed by atoms with E-state index < -0.39 is 4.92 Å². The highest BCUT2D eigenvalue weighted by Crippen LogP contribution is 2.23. The molecule has 1 atom stereocenters. The van der Waals surface area contributed by atoms with Crippen LogP contribution in [0.15, 0.2) is 42.6 Å². The number of hydrogen-bond donors (Lipinski definition) is 1. The number of aromatic nitrogens is 1. The summed E-state index contributed by atoms with van der Waals surface area (Å²) < 4.78 is 0. The highest BCUT2D eigenvalue weighted by atomic mass is 35.5. The van der Waals surface area contributed by atoms with E-state index in [0.29, 0.717) is 10.8 Å². The fraction of sp³-hybridized carbons (Fsp3) is 0.214. The van der Waals surface area contributed by atoms with Gasteiger partial charge in [0.1, 0.15) is 12.0 Å². The van der Waals surface area contributed by atoms with Crippen LogP contribution in [-0.2, 0) is 0 Å². The molecule has 0 amide bonds. The minimum absolute atomic E-state index is 0.0184. The third-order valence-electron chi connectivity index (χ3n) is 2.96. The second-order valence-electron chi connectivity index (χ2n) is 4.32. The molecule has 104 valence electrons. The summed E-state index contributed by atoms with van der Waals surface area (Å²) in [6.07, 6.45) is 2.11. The van der Waals surface area contributed by atoms with Gasteiger partial charge in [-0.25, -0.2) is 4.98 Å². The number of nitrogens with one attached hydrogen (secondary N) is 1.